The molecule has 0 aliphatic rings. The molecule has 1 N–H and O–H groups in total. The lowest BCUT2D eigenvalue weighted by Gasteiger charge is -2.15. The molecule has 5 nitrogen and oxygen atoms in total. The maximum Gasteiger partial charge on any atom is 0.339 e. The lowest BCUT2D eigenvalue weighted by Crippen LogP contribution is -2.30. The van der Waals surface area contributed by atoms with Crippen LogP contribution >= 0.6 is 0 Å². The fraction of sp³-hybridized carbons (Fsp3) is 0.143. The first-order chi connectivity index (χ1) is 12.6. The van der Waals surface area contributed by atoms with E-state index in [2.05, 4.69) is 5.32 Å². The average Bonchev–Trinajstić information content (AvgIpc) is 2.67. The number of para-hydroxylation sites is 2. The summed E-state index contributed by atoms with van der Waals surface area (Å²) in [4.78, 5) is 24.9. The second kappa shape index (κ2) is 7.70. The highest BCUT2D eigenvalue weighted by atomic mass is 16.5. The van der Waals surface area contributed by atoms with E-state index in [-0.39, 0.29) is 0 Å². The fourth-order valence-corrected chi connectivity index (χ4v) is 2.66. The van der Waals surface area contributed by atoms with Gasteiger partial charge < -0.3 is 14.8 Å². The summed E-state index contributed by atoms with van der Waals surface area (Å²) in [5.74, 6) is -0.430. The first-order valence-electron chi connectivity index (χ1n) is 8.23. The summed E-state index contributed by atoms with van der Waals surface area (Å²) in [6.07, 6.45) is -0.952. The van der Waals surface area contributed by atoms with Crippen molar-refractivity contribution in [3.8, 4) is 5.75 Å². The molecule has 26 heavy (non-hydrogen) atoms. The molecule has 0 aromatic heterocycles. The second-order valence-corrected chi connectivity index (χ2v) is 5.76. The number of hydrogen-bond acceptors (Lipinski definition) is 4. The number of amides is 1. The van der Waals surface area contributed by atoms with E-state index in [4.69, 9.17) is 9.47 Å². The number of esters is 1. The van der Waals surface area contributed by atoms with Crippen LogP contribution in [0.25, 0.3) is 10.8 Å². The second-order valence-electron chi connectivity index (χ2n) is 5.76. The molecule has 3 aromatic carbocycles. The molecule has 0 saturated carbocycles. The van der Waals surface area contributed by atoms with E-state index in [0.29, 0.717) is 17.0 Å². The fourth-order valence-electron chi connectivity index (χ4n) is 2.66. The van der Waals surface area contributed by atoms with Crippen molar-refractivity contribution in [1.29, 1.82) is 0 Å². The highest BCUT2D eigenvalue weighted by molar-refractivity contribution is 6.05. The Morgan fingerprint density at radius 2 is 1.62 bits per heavy atom. The van der Waals surface area contributed by atoms with E-state index >= 15 is 0 Å². The average molecular weight is 349 g/mol. The number of methoxy groups -OCH3 is 1. The molecule has 0 saturated heterocycles. The van der Waals surface area contributed by atoms with E-state index in [1.54, 1.807) is 36.4 Å². The first kappa shape index (κ1) is 17.5. The normalized spacial score (nSPS) is 11.6. The van der Waals surface area contributed by atoms with Gasteiger partial charge in [-0.3, -0.25) is 4.79 Å². The van der Waals surface area contributed by atoms with E-state index in [1.807, 2.05) is 30.3 Å². The topological polar surface area (TPSA) is 64.6 Å². The van der Waals surface area contributed by atoms with Crippen molar-refractivity contribution >= 4 is 28.3 Å². The van der Waals surface area contributed by atoms with Gasteiger partial charge in [-0.2, -0.15) is 0 Å². The Bertz CT molecular complexity index is 946. The summed E-state index contributed by atoms with van der Waals surface area (Å²) in [6, 6.07) is 20.0. The van der Waals surface area contributed by atoms with Crippen LogP contribution in [-0.2, 0) is 9.53 Å². The van der Waals surface area contributed by atoms with Crippen molar-refractivity contribution in [3.05, 3.63) is 72.3 Å². The van der Waals surface area contributed by atoms with E-state index in [9.17, 15) is 9.59 Å². The summed E-state index contributed by atoms with van der Waals surface area (Å²) >= 11 is 0. The lowest BCUT2D eigenvalue weighted by molar-refractivity contribution is -0.123. The van der Waals surface area contributed by atoms with Gasteiger partial charge in [0.05, 0.1) is 18.4 Å². The quantitative estimate of drug-likeness (QED) is 0.706. The third-order valence-electron chi connectivity index (χ3n) is 4.03. The van der Waals surface area contributed by atoms with Crippen molar-refractivity contribution in [2.75, 3.05) is 12.4 Å². The Morgan fingerprint density at radius 1 is 0.923 bits per heavy atom. The van der Waals surface area contributed by atoms with E-state index in [0.717, 1.165) is 10.8 Å². The molecule has 0 heterocycles. The third-order valence-corrected chi connectivity index (χ3v) is 4.03. The summed E-state index contributed by atoms with van der Waals surface area (Å²) < 4.78 is 10.6. The summed E-state index contributed by atoms with van der Waals surface area (Å²) in [5.41, 5.74) is 0.952. The summed E-state index contributed by atoms with van der Waals surface area (Å²) in [5, 5.41) is 4.44. The molecule has 0 aliphatic carbocycles. The molecule has 132 valence electrons. The van der Waals surface area contributed by atoms with Gasteiger partial charge in [-0.05, 0) is 35.9 Å². The number of hydrogen-bond donors (Lipinski definition) is 1. The van der Waals surface area contributed by atoms with Crippen LogP contribution in [0.2, 0.25) is 0 Å². The minimum atomic E-state index is -0.952. The number of anilines is 1. The van der Waals surface area contributed by atoms with Crippen LogP contribution in [-0.4, -0.2) is 25.1 Å². The molecule has 0 spiro atoms. The van der Waals surface area contributed by atoms with Crippen molar-refractivity contribution in [1.82, 2.24) is 0 Å². The van der Waals surface area contributed by atoms with E-state index in [1.165, 1.54) is 14.0 Å². The standard InChI is InChI=1S/C21H19NO4/c1-14(20(23)22-18-12-5-6-13-19(18)25-2)26-21(24)17-11-7-9-15-8-3-4-10-16(15)17/h3-14H,1-2H3,(H,22,23)/t14-/m0/s1. The lowest BCUT2D eigenvalue weighted by atomic mass is 10.0. The Labute approximate surface area is 151 Å². The first-order valence-corrected chi connectivity index (χ1v) is 8.23. The molecule has 3 aromatic rings. The van der Waals surface area contributed by atoms with Gasteiger partial charge in [-0.15, -0.1) is 0 Å². The minimum Gasteiger partial charge on any atom is -0.495 e. The smallest absolute Gasteiger partial charge is 0.339 e. The number of rotatable bonds is 5. The van der Waals surface area contributed by atoms with Gasteiger partial charge in [-0.25, -0.2) is 4.79 Å². The van der Waals surface area contributed by atoms with Gasteiger partial charge in [0.1, 0.15) is 5.75 Å². The largest absolute Gasteiger partial charge is 0.495 e. The van der Waals surface area contributed by atoms with Crippen LogP contribution in [0.4, 0.5) is 5.69 Å². The Balaban J connectivity index is 1.73. The number of carbonyl (C=O) groups excluding carboxylic acids is 2. The minimum absolute atomic E-state index is 0.428. The maximum absolute atomic E-state index is 12.5. The molecule has 0 aliphatic heterocycles. The van der Waals surface area contributed by atoms with Gasteiger partial charge >= 0.3 is 5.97 Å². The monoisotopic (exact) mass is 349 g/mol. The predicted molar refractivity (Wildman–Crippen MR) is 100 cm³/mol. The van der Waals surface area contributed by atoms with Crippen molar-refractivity contribution < 1.29 is 19.1 Å². The van der Waals surface area contributed by atoms with Gasteiger partial charge in [0, 0.05) is 0 Å². The number of benzene rings is 3. The number of ether oxygens (including phenoxy) is 2. The van der Waals surface area contributed by atoms with Gasteiger partial charge in [0.15, 0.2) is 6.10 Å². The molecule has 0 radical (unpaired) electrons. The zero-order valence-electron chi connectivity index (χ0n) is 14.6. The molecule has 5 heteroatoms. The van der Waals surface area contributed by atoms with Crippen molar-refractivity contribution in [2.24, 2.45) is 0 Å². The van der Waals surface area contributed by atoms with Crippen LogP contribution < -0.4 is 10.1 Å². The molecule has 1 amide bonds. The van der Waals surface area contributed by atoms with Crippen LogP contribution in [0.5, 0.6) is 5.75 Å². The van der Waals surface area contributed by atoms with Crippen LogP contribution in [0.1, 0.15) is 17.3 Å². The van der Waals surface area contributed by atoms with Crippen LogP contribution in [0.3, 0.4) is 0 Å². The molecule has 1 atom stereocenters. The van der Waals surface area contributed by atoms with Crippen molar-refractivity contribution in [2.45, 2.75) is 13.0 Å². The highest BCUT2D eigenvalue weighted by Gasteiger charge is 2.21. The predicted octanol–water partition coefficient (Wildman–Crippen LogP) is 4.03. The summed E-state index contributed by atoms with van der Waals surface area (Å²) in [7, 11) is 1.52. The Hall–Kier alpha value is -3.34. The van der Waals surface area contributed by atoms with Crippen LogP contribution in [0, 0.1) is 0 Å². The van der Waals surface area contributed by atoms with E-state index < -0.39 is 18.0 Å². The molecule has 3 rings (SSSR count). The molecule has 0 fully saturated rings. The van der Waals surface area contributed by atoms with Gasteiger partial charge in [0.2, 0.25) is 0 Å². The molecular weight excluding hydrogens is 330 g/mol. The SMILES string of the molecule is COc1ccccc1NC(=O)[C@H](C)OC(=O)c1cccc2ccccc12. The molecule has 0 bridgehead atoms. The number of fused-ring (bicyclic) bond motifs is 1. The van der Waals surface area contributed by atoms with Gasteiger partial charge in [0.25, 0.3) is 5.91 Å². The summed E-state index contributed by atoms with van der Waals surface area (Å²) in [6.45, 7) is 1.54. The maximum atomic E-state index is 12.5. The van der Waals surface area contributed by atoms with Gasteiger partial charge in [-0.1, -0.05) is 48.5 Å². The third kappa shape index (κ3) is 3.67. The Morgan fingerprint density at radius 3 is 2.42 bits per heavy atom. The molecule has 0 unspecified atom stereocenters. The number of carbonyl (C=O) groups is 2. The zero-order valence-corrected chi connectivity index (χ0v) is 14.6. The number of nitrogens with one attached hydrogen (secondary N) is 1. The Kier molecular flexibility index (Phi) is 5.17. The zero-order chi connectivity index (χ0) is 18.5. The highest BCUT2D eigenvalue weighted by Crippen LogP contribution is 2.24. The van der Waals surface area contributed by atoms with Crippen molar-refractivity contribution in [3.63, 3.8) is 0 Å². The van der Waals surface area contributed by atoms with Crippen LogP contribution in [0.15, 0.2) is 66.7 Å². The molecular formula is C21H19NO4.